The van der Waals surface area contributed by atoms with Crippen molar-refractivity contribution in [1.82, 2.24) is 4.90 Å². The second-order valence-electron chi connectivity index (χ2n) is 4.40. The van der Waals surface area contributed by atoms with Crippen molar-refractivity contribution in [1.29, 1.82) is 0 Å². The highest BCUT2D eigenvalue weighted by atomic mass is 16.3. The number of aryl methyl sites for hydroxylation is 1. The minimum absolute atomic E-state index is 0.0589. The summed E-state index contributed by atoms with van der Waals surface area (Å²) in [6, 6.07) is 8.42. The van der Waals surface area contributed by atoms with Crippen LogP contribution in [0.25, 0.3) is 0 Å². The maximum absolute atomic E-state index is 12.4. The molecule has 1 aromatic heterocycles. The van der Waals surface area contributed by atoms with Crippen molar-refractivity contribution in [3.05, 3.63) is 53.5 Å². The molecule has 1 N–H and O–H groups in total. The average molecular weight is 259 g/mol. The lowest BCUT2D eigenvalue weighted by Gasteiger charge is -2.20. The third-order valence-electron chi connectivity index (χ3n) is 3.04. The molecule has 100 valence electrons. The first-order valence-electron chi connectivity index (χ1n) is 6.23. The van der Waals surface area contributed by atoms with Crippen molar-refractivity contribution in [2.24, 2.45) is 0 Å². The number of rotatable bonds is 4. The molecule has 0 spiro atoms. The van der Waals surface area contributed by atoms with Gasteiger partial charge in [-0.1, -0.05) is 0 Å². The van der Waals surface area contributed by atoms with Crippen LogP contribution in [0.2, 0.25) is 0 Å². The van der Waals surface area contributed by atoms with Crippen molar-refractivity contribution >= 4 is 5.91 Å². The lowest BCUT2D eigenvalue weighted by atomic mass is 10.1. The number of phenolic OH excluding ortho intramolecular Hbond substituents is 1. The van der Waals surface area contributed by atoms with Gasteiger partial charge in [0.15, 0.2) is 0 Å². The van der Waals surface area contributed by atoms with Gasteiger partial charge in [0, 0.05) is 12.1 Å². The molecule has 0 unspecified atom stereocenters. The Morgan fingerprint density at radius 2 is 2.16 bits per heavy atom. The van der Waals surface area contributed by atoms with Crippen LogP contribution in [0, 0.1) is 6.92 Å². The number of hydrogen-bond donors (Lipinski definition) is 1. The van der Waals surface area contributed by atoms with E-state index in [0.29, 0.717) is 18.7 Å². The Balaban J connectivity index is 2.20. The van der Waals surface area contributed by atoms with Crippen LogP contribution in [0.1, 0.15) is 28.6 Å². The highest BCUT2D eigenvalue weighted by Gasteiger charge is 2.17. The lowest BCUT2D eigenvalue weighted by Crippen LogP contribution is -2.30. The minimum atomic E-state index is -0.0589. The first kappa shape index (κ1) is 13.2. The molecule has 0 saturated heterocycles. The summed E-state index contributed by atoms with van der Waals surface area (Å²) in [5, 5.41) is 9.38. The van der Waals surface area contributed by atoms with E-state index in [1.54, 1.807) is 29.4 Å². The summed E-state index contributed by atoms with van der Waals surface area (Å²) >= 11 is 0. The van der Waals surface area contributed by atoms with Gasteiger partial charge in [-0.3, -0.25) is 4.79 Å². The Hall–Kier alpha value is -2.23. The molecule has 0 aliphatic rings. The van der Waals surface area contributed by atoms with Gasteiger partial charge in [-0.15, -0.1) is 0 Å². The fourth-order valence-corrected chi connectivity index (χ4v) is 1.98. The summed E-state index contributed by atoms with van der Waals surface area (Å²) in [7, 11) is 0. The van der Waals surface area contributed by atoms with Gasteiger partial charge in [0.05, 0.1) is 12.8 Å². The zero-order chi connectivity index (χ0) is 13.8. The molecule has 0 aliphatic carbocycles. The van der Waals surface area contributed by atoms with Crippen LogP contribution in [0.15, 0.2) is 41.0 Å². The second kappa shape index (κ2) is 5.61. The first-order valence-corrected chi connectivity index (χ1v) is 6.23. The highest BCUT2D eigenvalue weighted by Crippen LogP contribution is 2.18. The highest BCUT2D eigenvalue weighted by molar-refractivity contribution is 5.95. The Morgan fingerprint density at radius 1 is 1.37 bits per heavy atom. The molecule has 2 rings (SSSR count). The number of aromatic hydroxyl groups is 1. The second-order valence-corrected chi connectivity index (χ2v) is 4.40. The van der Waals surface area contributed by atoms with Gasteiger partial charge in [0.1, 0.15) is 11.5 Å². The third-order valence-corrected chi connectivity index (χ3v) is 3.04. The number of phenols is 1. The summed E-state index contributed by atoms with van der Waals surface area (Å²) in [5.74, 6) is 0.867. The monoisotopic (exact) mass is 259 g/mol. The molecule has 0 atom stereocenters. The average Bonchev–Trinajstić information content (AvgIpc) is 2.88. The van der Waals surface area contributed by atoms with Gasteiger partial charge in [-0.05, 0) is 49.7 Å². The number of hydrogen-bond acceptors (Lipinski definition) is 3. The number of benzene rings is 1. The fraction of sp³-hybridized carbons (Fsp3) is 0.267. The molecule has 0 radical (unpaired) electrons. The minimum Gasteiger partial charge on any atom is -0.508 e. The first-order chi connectivity index (χ1) is 9.11. The topological polar surface area (TPSA) is 53.7 Å². The number of amides is 1. The predicted molar refractivity (Wildman–Crippen MR) is 72.0 cm³/mol. The smallest absolute Gasteiger partial charge is 0.254 e. The number of nitrogens with zero attached hydrogens (tertiary/aromatic N) is 1. The van der Waals surface area contributed by atoms with E-state index in [1.807, 2.05) is 19.9 Å². The van der Waals surface area contributed by atoms with Gasteiger partial charge in [0.2, 0.25) is 0 Å². The summed E-state index contributed by atoms with van der Waals surface area (Å²) < 4.78 is 5.27. The van der Waals surface area contributed by atoms with Gasteiger partial charge in [0.25, 0.3) is 5.91 Å². The largest absolute Gasteiger partial charge is 0.508 e. The predicted octanol–water partition coefficient (Wildman–Crippen LogP) is 2.96. The SMILES string of the molecule is CCN(Cc1ccco1)C(=O)c1ccc(O)cc1C. The van der Waals surface area contributed by atoms with Crippen LogP contribution in [-0.2, 0) is 6.54 Å². The molecule has 0 saturated carbocycles. The number of carbonyl (C=O) groups excluding carboxylic acids is 1. The van der Waals surface area contributed by atoms with Crippen LogP contribution in [-0.4, -0.2) is 22.5 Å². The van der Waals surface area contributed by atoms with Crippen molar-refractivity contribution < 1.29 is 14.3 Å². The van der Waals surface area contributed by atoms with Gasteiger partial charge in [-0.2, -0.15) is 0 Å². The van der Waals surface area contributed by atoms with E-state index in [2.05, 4.69) is 0 Å². The van der Waals surface area contributed by atoms with Crippen molar-refractivity contribution in [2.45, 2.75) is 20.4 Å². The maximum atomic E-state index is 12.4. The van der Waals surface area contributed by atoms with E-state index in [1.165, 1.54) is 6.07 Å². The van der Waals surface area contributed by atoms with E-state index < -0.39 is 0 Å². The molecule has 1 aromatic carbocycles. The van der Waals surface area contributed by atoms with Crippen molar-refractivity contribution in [3.8, 4) is 5.75 Å². The summed E-state index contributed by atoms with van der Waals surface area (Å²) in [5.41, 5.74) is 1.37. The molecule has 19 heavy (non-hydrogen) atoms. The van der Waals surface area contributed by atoms with E-state index in [9.17, 15) is 9.90 Å². The normalized spacial score (nSPS) is 10.4. The Morgan fingerprint density at radius 3 is 2.74 bits per heavy atom. The Labute approximate surface area is 112 Å². The van der Waals surface area contributed by atoms with E-state index in [-0.39, 0.29) is 11.7 Å². The van der Waals surface area contributed by atoms with Gasteiger partial charge >= 0.3 is 0 Å². The third kappa shape index (κ3) is 2.96. The molecule has 4 nitrogen and oxygen atoms in total. The summed E-state index contributed by atoms with van der Waals surface area (Å²) in [6.07, 6.45) is 1.60. The molecular formula is C15H17NO3. The van der Waals surface area contributed by atoms with E-state index in [4.69, 9.17) is 4.42 Å². The molecule has 4 heteroatoms. The molecule has 0 bridgehead atoms. The number of furan rings is 1. The lowest BCUT2D eigenvalue weighted by molar-refractivity contribution is 0.0740. The molecule has 0 aliphatic heterocycles. The van der Waals surface area contributed by atoms with E-state index in [0.717, 1.165) is 11.3 Å². The van der Waals surface area contributed by atoms with Crippen molar-refractivity contribution in [2.75, 3.05) is 6.54 Å². The van der Waals surface area contributed by atoms with Crippen LogP contribution >= 0.6 is 0 Å². The maximum Gasteiger partial charge on any atom is 0.254 e. The van der Waals surface area contributed by atoms with Crippen molar-refractivity contribution in [3.63, 3.8) is 0 Å². The van der Waals surface area contributed by atoms with E-state index >= 15 is 0 Å². The van der Waals surface area contributed by atoms with Gasteiger partial charge < -0.3 is 14.4 Å². The fourth-order valence-electron chi connectivity index (χ4n) is 1.98. The molecule has 1 heterocycles. The zero-order valence-corrected chi connectivity index (χ0v) is 11.1. The molecular weight excluding hydrogens is 242 g/mol. The van der Waals surface area contributed by atoms with Crippen LogP contribution in [0.5, 0.6) is 5.75 Å². The zero-order valence-electron chi connectivity index (χ0n) is 11.1. The quantitative estimate of drug-likeness (QED) is 0.918. The van der Waals surface area contributed by atoms with Crippen LogP contribution < -0.4 is 0 Å². The van der Waals surface area contributed by atoms with Crippen LogP contribution in [0.4, 0.5) is 0 Å². The number of carbonyl (C=O) groups is 1. The molecule has 0 fully saturated rings. The van der Waals surface area contributed by atoms with Crippen LogP contribution in [0.3, 0.4) is 0 Å². The Bertz CT molecular complexity index is 561. The molecule has 2 aromatic rings. The Kier molecular flexibility index (Phi) is 3.90. The standard InChI is InChI=1S/C15H17NO3/c1-3-16(10-13-5-4-8-19-13)15(18)14-7-6-12(17)9-11(14)2/h4-9,17H,3,10H2,1-2H3. The van der Waals surface area contributed by atoms with Gasteiger partial charge in [-0.25, -0.2) is 0 Å². The molecule has 1 amide bonds. The summed E-state index contributed by atoms with van der Waals surface area (Å²) in [6.45, 7) is 4.78. The summed E-state index contributed by atoms with van der Waals surface area (Å²) in [4.78, 5) is 14.1.